The molecule has 63 heavy (non-hydrogen) atoms. The molecule has 0 saturated heterocycles. The molecule has 2 unspecified atom stereocenters. The number of rotatable bonds is 3. The second-order valence-electron chi connectivity index (χ2n) is 19.5. The van der Waals surface area contributed by atoms with E-state index < -0.39 is 5.41 Å². The molecule has 300 valence electrons. The zero-order valence-corrected chi connectivity index (χ0v) is 36.0. The van der Waals surface area contributed by atoms with Crippen molar-refractivity contribution in [1.29, 1.82) is 0 Å². The number of fused-ring (bicyclic) bond motifs is 20. The number of benzene rings is 8. The lowest BCUT2D eigenvalue weighted by Gasteiger charge is -2.38. The molecule has 9 aromatic rings. The molecular weight excluding hydrogens is 763 g/mol. The highest BCUT2D eigenvalue weighted by atomic mass is 16.3. The van der Waals surface area contributed by atoms with Gasteiger partial charge in [0.1, 0.15) is 11.2 Å². The summed E-state index contributed by atoms with van der Waals surface area (Å²) in [7, 11) is 0. The first kappa shape index (κ1) is 35.4. The van der Waals surface area contributed by atoms with Gasteiger partial charge in [-0.1, -0.05) is 185 Å². The van der Waals surface area contributed by atoms with Crippen molar-refractivity contribution in [2.24, 2.45) is 0 Å². The standard InChI is InChI=1S/C61H45NO/c1-59(2)47-22-10-5-16-38(47)41-30-28-36(34-52(41)59)62(37-29-31-42-39-17-6-11-23-48(39)60(3,4)53(42)35-37)54-26-15-21-44-40-18-7-12-24-49(40)61(57(44)54)50-25-13-8-20-46(50)56-51(61)33-32-45-43-19-9-14-27-55(43)63-58(45)56/h5-30,32-35,42H,31H2,1-4H3. The summed E-state index contributed by atoms with van der Waals surface area (Å²) in [4.78, 5) is 2.63. The van der Waals surface area contributed by atoms with Gasteiger partial charge in [-0.15, -0.1) is 0 Å². The van der Waals surface area contributed by atoms with Gasteiger partial charge in [-0.3, -0.25) is 0 Å². The van der Waals surface area contributed by atoms with Gasteiger partial charge in [-0.05, 0) is 104 Å². The van der Waals surface area contributed by atoms with Gasteiger partial charge in [0.2, 0.25) is 0 Å². The zero-order valence-electron chi connectivity index (χ0n) is 36.0. The van der Waals surface area contributed by atoms with Crippen LogP contribution in [0.2, 0.25) is 0 Å². The van der Waals surface area contributed by atoms with E-state index in [1.807, 2.05) is 0 Å². The third-order valence-corrected chi connectivity index (χ3v) is 15.9. The Bertz CT molecular complexity index is 3570. The van der Waals surface area contributed by atoms with Gasteiger partial charge in [0.05, 0.1) is 11.1 Å². The van der Waals surface area contributed by atoms with Crippen molar-refractivity contribution < 1.29 is 4.42 Å². The molecule has 5 aliphatic rings. The minimum atomic E-state index is -0.597. The molecule has 0 saturated carbocycles. The molecule has 1 aromatic heterocycles. The molecule has 2 atom stereocenters. The Kier molecular flexibility index (Phi) is 6.78. The highest BCUT2D eigenvalue weighted by Gasteiger charge is 2.54. The van der Waals surface area contributed by atoms with Crippen molar-refractivity contribution >= 4 is 33.3 Å². The number of hydrogen-bond donors (Lipinski definition) is 0. The quantitative estimate of drug-likeness (QED) is 0.177. The van der Waals surface area contributed by atoms with Crippen molar-refractivity contribution in [3.63, 3.8) is 0 Å². The topological polar surface area (TPSA) is 16.4 Å². The number of anilines is 2. The molecule has 0 radical (unpaired) electrons. The van der Waals surface area contributed by atoms with Gasteiger partial charge in [0.25, 0.3) is 0 Å². The van der Waals surface area contributed by atoms with E-state index in [-0.39, 0.29) is 10.8 Å². The Morgan fingerprint density at radius 1 is 0.508 bits per heavy atom. The van der Waals surface area contributed by atoms with E-state index >= 15 is 0 Å². The molecule has 14 rings (SSSR count). The summed E-state index contributed by atoms with van der Waals surface area (Å²) in [6, 6.07) is 64.0. The summed E-state index contributed by atoms with van der Waals surface area (Å²) >= 11 is 0. The molecule has 1 spiro atoms. The van der Waals surface area contributed by atoms with E-state index in [9.17, 15) is 0 Å². The van der Waals surface area contributed by atoms with E-state index in [1.54, 1.807) is 0 Å². The molecule has 5 aliphatic carbocycles. The normalized spacial score (nSPS) is 19.7. The minimum absolute atomic E-state index is 0.0919. The third-order valence-electron chi connectivity index (χ3n) is 15.9. The smallest absolute Gasteiger partial charge is 0.143 e. The van der Waals surface area contributed by atoms with E-state index in [0.29, 0.717) is 5.92 Å². The summed E-state index contributed by atoms with van der Waals surface area (Å²) in [6.45, 7) is 9.65. The van der Waals surface area contributed by atoms with Crippen LogP contribution >= 0.6 is 0 Å². The highest BCUT2D eigenvalue weighted by Crippen LogP contribution is 2.67. The predicted octanol–water partition coefficient (Wildman–Crippen LogP) is 15.7. The first-order valence-corrected chi connectivity index (χ1v) is 22.6. The Labute approximate surface area is 368 Å². The van der Waals surface area contributed by atoms with Crippen LogP contribution in [-0.4, -0.2) is 0 Å². The van der Waals surface area contributed by atoms with Crippen molar-refractivity contribution in [3.8, 4) is 33.4 Å². The van der Waals surface area contributed by atoms with Crippen molar-refractivity contribution in [1.82, 2.24) is 0 Å². The van der Waals surface area contributed by atoms with Crippen molar-refractivity contribution in [3.05, 3.63) is 238 Å². The third kappa shape index (κ3) is 4.29. The van der Waals surface area contributed by atoms with Crippen LogP contribution in [0.4, 0.5) is 11.4 Å². The second-order valence-corrected chi connectivity index (χ2v) is 19.5. The van der Waals surface area contributed by atoms with E-state index in [4.69, 9.17) is 4.42 Å². The van der Waals surface area contributed by atoms with Gasteiger partial charge in [-0.2, -0.15) is 0 Å². The van der Waals surface area contributed by atoms with Crippen LogP contribution in [-0.2, 0) is 16.2 Å². The van der Waals surface area contributed by atoms with Gasteiger partial charge >= 0.3 is 0 Å². The zero-order chi connectivity index (χ0) is 42.0. The average molecular weight is 808 g/mol. The minimum Gasteiger partial charge on any atom is -0.455 e. The molecule has 8 aromatic carbocycles. The van der Waals surface area contributed by atoms with Crippen LogP contribution in [0, 0.1) is 0 Å². The molecule has 0 fully saturated rings. The number of nitrogens with zero attached hydrogens (tertiary/aromatic N) is 1. The Balaban J connectivity index is 1.07. The fourth-order valence-corrected chi connectivity index (χ4v) is 13.2. The van der Waals surface area contributed by atoms with Crippen LogP contribution in [0.25, 0.3) is 55.3 Å². The first-order valence-electron chi connectivity index (χ1n) is 22.6. The lowest BCUT2D eigenvalue weighted by Crippen LogP contribution is -2.30. The maximum Gasteiger partial charge on any atom is 0.143 e. The molecule has 0 amide bonds. The molecular formula is C61H45NO. The SMILES string of the molecule is CC1(C)C2=CC(N(c3ccc4c(c3)C(C)(C)c3ccccc3-4)c3cccc4c3C3(c5ccccc5-4)c4ccccc4-c4c3ccc3c4oc4ccccc43)=CCC2c2ccccc21. The van der Waals surface area contributed by atoms with Crippen LogP contribution < -0.4 is 4.90 Å². The summed E-state index contributed by atoms with van der Waals surface area (Å²) in [5.74, 6) is 0.368. The first-order chi connectivity index (χ1) is 30.8. The van der Waals surface area contributed by atoms with Crippen LogP contribution in [0.1, 0.15) is 84.5 Å². The average Bonchev–Trinajstić information content (AvgIpc) is 4.06. The number of allylic oxidation sites excluding steroid dienone is 3. The Hall–Kier alpha value is -7.16. The van der Waals surface area contributed by atoms with Gasteiger partial charge < -0.3 is 9.32 Å². The summed E-state index contributed by atoms with van der Waals surface area (Å²) in [6.07, 6.45) is 6.04. The molecule has 0 N–H and O–H groups in total. The highest BCUT2D eigenvalue weighted by molar-refractivity contribution is 6.13. The molecule has 0 bridgehead atoms. The lowest BCUT2D eigenvalue weighted by molar-refractivity contribution is 0.609. The van der Waals surface area contributed by atoms with Crippen molar-refractivity contribution in [2.45, 2.75) is 56.3 Å². The fraction of sp³-hybridized carbons (Fsp3) is 0.148. The number of hydrogen-bond acceptors (Lipinski definition) is 2. The fourth-order valence-electron chi connectivity index (χ4n) is 13.2. The van der Waals surface area contributed by atoms with Gasteiger partial charge in [-0.25, -0.2) is 0 Å². The van der Waals surface area contributed by atoms with Crippen LogP contribution in [0.5, 0.6) is 0 Å². The maximum atomic E-state index is 6.92. The summed E-state index contributed by atoms with van der Waals surface area (Å²) in [5, 5.41) is 2.31. The van der Waals surface area contributed by atoms with Crippen LogP contribution in [0.3, 0.4) is 0 Å². The summed E-state index contributed by atoms with van der Waals surface area (Å²) in [5.41, 5.74) is 24.8. The maximum absolute atomic E-state index is 6.92. The molecule has 2 nitrogen and oxygen atoms in total. The second kappa shape index (κ2) is 12.1. The van der Waals surface area contributed by atoms with Crippen LogP contribution in [0.15, 0.2) is 198 Å². The monoisotopic (exact) mass is 807 g/mol. The Morgan fingerprint density at radius 3 is 1.98 bits per heavy atom. The van der Waals surface area contributed by atoms with E-state index in [0.717, 1.165) is 28.4 Å². The van der Waals surface area contributed by atoms with E-state index in [2.05, 4.69) is 215 Å². The van der Waals surface area contributed by atoms with Crippen molar-refractivity contribution in [2.75, 3.05) is 4.90 Å². The lowest BCUT2D eigenvalue weighted by atomic mass is 9.69. The largest absolute Gasteiger partial charge is 0.455 e. The molecule has 2 heteroatoms. The van der Waals surface area contributed by atoms with Gasteiger partial charge in [0.15, 0.2) is 0 Å². The van der Waals surface area contributed by atoms with E-state index in [1.165, 1.54) is 101 Å². The summed E-state index contributed by atoms with van der Waals surface area (Å²) < 4.78 is 6.92. The number of para-hydroxylation sites is 1. The number of furan rings is 1. The van der Waals surface area contributed by atoms with Gasteiger partial charge in [0, 0.05) is 50.0 Å². The molecule has 0 aliphatic heterocycles. The molecule has 1 heterocycles. The predicted molar refractivity (Wildman–Crippen MR) is 259 cm³/mol. The Morgan fingerprint density at radius 2 is 1.16 bits per heavy atom.